The van der Waals surface area contributed by atoms with Gasteiger partial charge >= 0.3 is 6.03 Å². The topological polar surface area (TPSA) is 185 Å². The monoisotopic (exact) mass is 746 g/mol. The number of amides is 4. The molecule has 2 unspecified atom stereocenters. The molecule has 2 atom stereocenters. The molecule has 14 nitrogen and oxygen atoms in total. The molecule has 55 heavy (non-hydrogen) atoms. The van der Waals surface area contributed by atoms with E-state index in [2.05, 4.69) is 35.7 Å². The molecule has 3 aromatic heterocycles. The average molecular weight is 747 g/mol. The molecule has 7 rings (SSSR count). The van der Waals surface area contributed by atoms with E-state index in [1.165, 1.54) is 0 Å². The minimum atomic E-state index is -0.953. The lowest BCUT2D eigenvalue weighted by Crippen LogP contribution is -2.59. The SMILES string of the molecule is Cc1cc(CC(NC(=O)N2CCC(c3cc4ccccc4[nH]c3=O)CC2)C(=O)NC(CCCCN)C(=O)N2CCN(c3ccncc3)CC2)cc2cn[nH]c12. The number of aromatic nitrogens is 4. The number of likely N-dealkylation sites (tertiary alicyclic amines) is 1. The zero-order valence-corrected chi connectivity index (χ0v) is 31.3. The second-order valence-electron chi connectivity index (χ2n) is 14.7. The van der Waals surface area contributed by atoms with Crippen LogP contribution >= 0.6 is 0 Å². The highest BCUT2D eigenvalue weighted by Gasteiger charge is 2.33. The van der Waals surface area contributed by atoms with E-state index in [4.69, 9.17) is 5.73 Å². The van der Waals surface area contributed by atoms with E-state index in [9.17, 15) is 19.2 Å². The van der Waals surface area contributed by atoms with Gasteiger partial charge in [-0.3, -0.25) is 24.5 Å². The molecular weight excluding hydrogens is 697 g/mol. The molecule has 0 saturated carbocycles. The van der Waals surface area contributed by atoms with Gasteiger partial charge in [-0.15, -0.1) is 0 Å². The number of carbonyl (C=O) groups is 3. The van der Waals surface area contributed by atoms with Crippen molar-refractivity contribution < 1.29 is 14.4 Å². The van der Waals surface area contributed by atoms with E-state index in [-0.39, 0.29) is 29.8 Å². The number of rotatable bonds is 12. The van der Waals surface area contributed by atoms with Crippen LogP contribution in [0.4, 0.5) is 10.5 Å². The molecule has 0 bridgehead atoms. The van der Waals surface area contributed by atoms with Gasteiger partial charge in [0.15, 0.2) is 0 Å². The average Bonchev–Trinajstić information content (AvgIpc) is 3.70. The number of nitrogens with two attached hydrogens (primary N) is 1. The van der Waals surface area contributed by atoms with Crippen molar-refractivity contribution in [1.82, 2.24) is 40.6 Å². The van der Waals surface area contributed by atoms with Gasteiger partial charge < -0.3 is 36.1 Å². The largest absolute Gasteiger partial charge is 0.368 e. The number of H-pyrrole nitrogens is 2. The first-order valence-corrected chi connectivity index (χ1v) is 19.3. The summed E-state index contributed by atoms with van der Waals surface area (Å²) in [6.07, 6.45) is 8.55. The quantitative estimate of drug-likeness (QED) is 0.120. The van der Waals surface area contributed by atoms with Gasteiger partial charge in [-0.25, -0.2) is 4.79 Å². The Labute approximate surface area is 319 Å². The van der Waals surface area contributed by atoms with Crippen LogP contribution in [0.5, 0.6) is 0 Å². The third-order valence-electron chi connectivity index (χ3n) is 11.0. The Hall–Kier alpha value is -5.76. The lowest BCUT2D eigenvalue weighted by Gasteiger charge is -2.38. The maximum atomic E-state index is 14.3. The molecule has 0 spiro atoms. The van der Waals surface area contributed by atoms with Crippen LogP contribution in [0.3, 0.4) is 0 Å². The van der Waals surface area contributed by atoms with E-state index in [1.54, 1.807) is 23.5 Å². The number of benzene rings is 2. The van der Waals surface area contributed by atoms with Crippen LogP contribution in [0.15, 0.2) is 78.0 Å². The van der Waals surface area contributed by atoms with Crippen molar-refractivity contribution in [1.29, 1.82) is 0 Å². The smallest absolute Gasteiger partial charge is 0.318 e. The number of nitrogens with zero attached hydrogens (tertiary/aromatic N) is 5. The second kappa shape index (κ2) is 17.1. The Morgan fingerprint density at radius 1 is 0.891 bits per heavy atom. The van der Waals surface area contributed by atoms with Crippen LogP contribution in [0.1, 0.15) is 54.7 Å². The Balaban J connectivity index is 1.05. The number of unbranched alkanes of at least 4 members (excludes halogenated alkanes) is 1. The van der Waals surface area contributed by atoms with Gasteiger partial charge in [0, 0.05) is 80.2 Å². The molecule has 6 N–H and O–H groups in total. The van der Waals surface area contributed by atoms with E-state index in [0.717, 1.165) is 50.6 Å². The number of urea groups is 1. The van der Waals surface area contributed by atoms with Crippen LogP contribution in [-0.2, 0) is 16.0 Å². The molecule has 4 amide bonds. The van der Waals surface area contributed by atoms with Crippen molar-refractivity contribution in [3.8, 4) is 0 Å². The highest BCUT2D eigenvalue weighted by Crippen LogP contribution is 2.28. The Kier molecular flexibility index (Phi) is 11.7. The van der Waals surface area contributed by atoms with Crippen LogP contribution in [0.25, 0.3) is 21.8 Å². The third-order valence-corrected chi connectivity index (χ3v) is 11.0. The van der Waals surface area contributed by atoms with Crippen LogP contribution in [0, 0.1) is 6.92 Å². The minimum absolute atomic E-state index is 0.00743. The number of nitrogens with one attached hydrogen (secondary N) is 4. The minimum Gasteiger partial charge on any atom is -0.368 e. The van der Waals surface area contributed by atoms with Crippen molar-refractivity contribution in [2.45, 2.75) is 63.5 Å². The highest BCUT2D eigenvalue weighted by molar-refractivity contribution is 5.92. The van der Waals surface area contributed by atoms with Crippen LogP contribution < -0.4 is 26.8 Å². The number of piperazine rings is 1. The molecule has 2 aliphatic heterocycles. The number of piperidine rings is 1. The first kappa shape index (κ1) is 37.6. The Morgan fingerprint density at radius 2 is 1.65 bits per heavy atom. The zero-order chi connectivity index (χ0) is 38.3. The number of aryl methyl sites for hydroxylation is 1. The summed E-state index contributed by atoms with van der Waals surface area (Å²) in [6, 6.07) is 15.5. The zero-order valence-electron chi connectivity index (χ0n) is 31.3. The summed E-state index contributed by atoms with van der Waals surface area (Å²) in [6.45, 7) is 5.71. The normalized spacial score (nSPS) is 16.3. The number of anilines is 1. The van der Waals surface area contributed by atoms with Crippen molar-refractivity contribution >= 4 is 45.3 Å². The first-order valence-electron chi connectivity index (χ1n) is 19.3. The maximum Gasteiger partial charge on any atom is 0.318 e. The Bertz CT molecular complexity index is 2170. The number of para-hydroxylation sites is 1. The summed E-state index contributed by atoms with van der Waals surface area (Å²) >= 11 is 0. The van der Waals surface area contributed by atoms with Crippen molar-refractivity contribution in [2.75, 3.05) is 50.7 Å². The van der Waals surface area contributed by atoms with Gasteiger partial charge in [-0.1, -0.05) is 24.3 Å². The van der Waals surface area contributed by atoms with E-state index in [1.807, 2.05) is 66.4 Å². The predicted octanol–water partition coefficient (Wildman–Crippen LogP) is 3.57. The molecule has 0 aliphatic carbocycles. The number of fused-ring (bicyclic) bond motifs is 2. The molecule has 2 saturated heterocycles. The lowest BCUT2D eigenvalue weighted by atomic mass is 9.89. The number of pyridine rings is 2. The number of hydrogen-bond donors (Lipinski definition) is 5. The summed E-state index contributed by atoms with van der Waals surface area (Å²) in [5, 5.41) is 15.2. The first-order chi connectivity index (χ1) is 26.8. The number of carbonyl (C=O) groups excluding carboxylic acids is 3. The van der Waals surface area contributed by atoms with Gasteiger partial charge in [0.25, 0.3) is 5.56 Å². The van der Waals surface area contributed by atoms with Crippen molar-refractivity contribution in [3.63, 3.8) is 0 Å². The second-order valence-corrected chi connectivity index (χ2v) is 14.7. The molecular formula is C41H50N10O4. The fraction of sp³-hybridized carbons (Fsp3) is 0.415. The third kappa shape index (κ3) is 8.80. The summed E-state index contributed by atoms with van der Waals surface area (Å²) in [5.74, 6) is -0.545. The summed E-state index contributed by atoms with van der Waals surface area (Å²) < 4.78 is 0. The van der Waals surface area contributed by atoms with Gasteiger partial charge in [-0.05, 0) is 98.3 Å². The lowest BCUT2D eigenvalue weighted by molar-refractivity contribution is -0.137. The van der Waals surface area contributed by atoms with Gasteiger partial charge in [-0.2, -0.15) is 5.10 Å². The van der Waals surface area contributed by atoms with E-state index < -0.39 is 18.0 Å². The maximum absolute atomic E-state index is 14.3. The van der Waals surface area contributed by atoms with Gasteiger partial charge in [0.2, 0.25) is 11.8 Å². The molecule has 288 valence electrons. The summed E-state index contributed by atoms with van der Waals surface area (Å²) in [4.78, 5) is 68.1. The van der Waals surface area contributed by atoms with Gasteiger partial charge in [0.1, 0.15) is 12.1 Å². The van der Waals surface area contributed by atoms with Crippen LogP contribution in [0.2, 0.25) is 0 Å². The standard InChI is InChI=1S/C41H50N10O4/c1-27-22-28(23-31-26-44-48-37(27)31)24-36(47-41(55)51-16-11-29(12-17-51)33-25-30-6-2-3-7-34(30)45-38(33)52)39(53)46-35(8-4-5-13-42)40(54)50-20-18-49(19-21-50)32-9-14-43-15-10-32/h2-3,6-7,9-10,14-15,22-23,25-26,29,35-36H,4-5,8,11-13,16-21,24,42H2,1H3,(H,44,48)(H,45,52)(H,46,53)(H,47,55). The Morgan fingerprint density at radius 3 is 2.42 bits per heavy atom. The molecule has 2 aromatic carbocycles. The summed E-state index contributed by atoms with van der Waals surface area (Å²) in [7, 11) is 0. The molecule has 5 heterocycles. The number of hydrogen-bond acceptors (Lipinski definition) is 8. The van der Waals surface area contributed by atoms with E-state index >= 15 is 0 Å². The summed E-state index contributed by atoms with van der Waals surface area (Å²) in [5.41, 5.74) is 11.0. The molecule has 14 heteroatoms. The molecule has 0 radical (unpaired) electrons. The van der Waals surface area contributed by atoms with Crippen LogP contribution in [-0.4, -0.2) is 106 Å². The van der Waals surface area contributed by atoms with Crippen molar-refractivity contribution in [2.24, 2.45) is 5.73 Å². The van der Waals surface area contributed by atoms with Crippen molar-refractivity contribution in [3.05, 3.63) is 100 Å². The predicted molar refractivity (Wildman–Crippen MR) is 213 cm³/mol. The van der Waals surface area contributed by atoms with Gasteiger partial charge in [0.05, 0.1) is 11.7 Å². The van der Waals surface area contributed by atoms with E-state index in [0.29, 0.717) is 71.5 Å². The molecule has 2 aliphatic rings. The molecule has 2 fully saturated rings. The molecule has 5 aromatic rings. The fourth-order valence-corrected chi connectivity index (χ4v) is 7.96. The number of aromatic amines is 2. The highest BCUT2D eigenvalue weighted by atomic mass is 16.2. The fourth-order valence-electron chi connectivity index (χ4n) is 7.96.